The Labute approximate surface area is 140 Å². The van der Waals surface area contributed by atoms with Gasteiger partial charge in [-0.15, -0.1) is 0 Å². The van der Waals surface area contributed by atoms with Gasteiger partial charge in [-0.1, -0.05) is 44.2 Å². The monoisotopic (exact) mass is 311 g/mol. The minimum atomic E-state index is 0.769. The van der Waals surface area contributed by atoms with Gasteiger partial charge >= 0.3 is 0 Å². The molecular weight excluding hydrogens is 282 g/mol. The number of ether oxygens (including phenoxy) is 1. The third-order valence-electron chi connectivity index (χ3n) is 4.26. The Morgan fingerprint density at radius 2 is 1.48 bits per heavy atom. The van der Waals surface area contributed by atoms with Crippen LogP contribution in [-0.4, -0.2) is 13.2 Å². The number of hydrogen-bond acceptors (Lipinski definition) is 2. The van der Waals surface area contributed by atoms with Gasteiger partial charge in [0.15, 0.2) is 0 Å². The zero-order valence-electron chi connectivity index (χ0n) is 14.5. The molecule has 2 heteroatoms. The van der Waals surface area contributed by atoms with E-state index in [1.165, 1.54) is 22.3 Å². The molecule has 0 unspecified atom stereocenters. The van der Waals surface area contributed by atoms with Crippen molar-refractivity contribution in [2.45, 2.75) is 46.0 Å². The molecule has 0 heterocycles. The minimum absolute atomic E-state index is 0.769. The number of nitrogens with two attached hydrogens (primary N) is 1. The second kappa shape index (κ2) is 9.36. The average Bonchev–Trinajstić information content (AvgIpc) is 2.61. The molecule has 2 rings (SSSR count). The van der Waals surface area contributed by atoms with Crippen LogP contribution in [0.4, 0.5) is 0 Å². The van der Waals surface area contributed by atoms with Crippen LogP contribution in [0.3, 0.4) is 0 Å². The standard InChI is InChI=1S/C21H29NO/c1-3-17-9-8-10-18(4-2)21(17)19-11-13-20(14-12-19)23-16-7-5-6-15-22/h8-14H,3-7,15-16,22H2,1-2H3. The summed E-state index contributed by atoms with van der Waals surface area (Å²) in [7, 11) is 0. The third kappa shape index (κ3) is 4.84. The molecule has 0 aromatic heterocycles. The van der Waals surface area contributed by atoms with Crippen LogP contribution in [0.1, 0.15) is 44.2 Å². The Morgan fingerprint density at radius 3 is 2.04 bits per heavy atom. The number of unbranched alkanes of at least 4 members (excludes halogenated alkanes) is 2. The molecule has 0 radical (unpaired) electrons. The summed E-state index contributed by atoms with van der Waals surface area (Å²) in [4.78, 5) is 0. The Balaban J connectivity index is 2.08. The summed E-state index contributed by atoms with van der Waals surface area (Å²) in [5.74, 6) is 0.952. The van der Waals surface area contributed by atoms with Crippen LogP contribution >= 0.6 is 0 Å². The van der Waals surface area contributed by atoms with E-state index in [4.69, 9.17) is 10.5 Å². The van der Waals surface area contributed by atoms with Gasteiger partial charge in [-0.25, -0.2) is 0 Å². The Morgan fingerprint density at radius 1 is 0.826 bits per heavy atom. The van der Waals surface area contributed by atoms with Crippen molar-refractivity contribution in [3.63, 3.8) is 0 Å². The summed E-state index contributed by atoms with van der Waals surface area (Å²) >= 11 is 0. The number of hydrogen-bond donors (Lipinski definition) is 1. The predicted octanol–water partition coefficient (Wildman–Crippen LogP) is 4.99. The lowest BCUT2D eigenvalue weighted by molar-refractivity contribution is 0.306. The molecule has 2 N–H and O–H groups in total. The maximum absolute atomic E-state index is 5.82. The molecule has 2 aromatic carbocycles. The fourth-order valence-electron chi connectivity index (χ4n) is 2.94. The summed E-state index contributed by atoms with van der Waals surface area (Å²) in [6.07, 6.45) is 5.40. The highest BCUT2D eigenvalue weighted by atomic mass is 16.5. The second-order valence-corrected chi connectivity index (χ2v) is 5.88. The zero-order valence-corrected chi connectivity index (χ0v) is 14.5. The van der Waals surface area contributed by atoms with Crippen molar-refractivity contribution < 1.29 is 4.74 Å². The first kappa shape index (κ1) is 17.6. The summed E-state index contributed by atoms with van der Waals surface area (Å²) in [6, 6.07) is 15.2. The van der Waals surface area contributed by atoms with Gasteiger partial charge in [0.1, 0.15) is 5.75 Å². The van der Waals surface area contributed by atoms with E-state index in [0.29, 0.717) is 0 Å². The molecule has 0 atom stereocenters. The molecule has 2 aromatic rings. The van der Waals surface area contributed by atoms with E-state index in [9.17, 15) is 0 Å². The predicted molar refractivity (Wildman–Crippen MR) is 99.0 cm³/mol. The van der Waals surface area contributed by atoms with Crippen molar-refractivity contribution in [2.75, 3.05) is 13.2 Å². The average molecular weight is 311 g/mol. The highest BCUT2D eigenvalue weighted by molar-refractivity contribution is 5.71. The highest BCUT2D eigenvalue weighted by Crippen LogP contribution is 2.30. The lowest BCUT2D eigenvalue weighted by atomic mass is 9.92. The van der Waals surface area contributed by atoms with E-state index in [1.54, 1.807) is 0 Å². The van der Waals surface area contributed by atoms with Crippen LogP contribution in [0, 0.1) is 0 Å². The second-order valence-electron chi connectivity index (χ2n) is 5.88. The molecule has 0 saturated heterocycles. The number of benzene rings is 2. The Kier molecular flexibility index (Phi) is 7.15. The van der Waals surface area contributed by atoms with Crippen molar-refractivity contribution in [3.8, 4) is 16.9 Å². The third-order valence-corrected chi connectivity index (χ3v) is 4.26. The van der Waals surface area contributed by atoms with E-state index in [-0.39, 0.29) is 0 Å². The fourth-order valence-corrected chi connectivity index (χ4v) is 2.94. The van der Waals surface area contributed by atoms with E-state index >= 15 is 0 Å². The van der Waals surface area contributed by atoms with Gasteiger partial charge < -0.3 is 10.5 Å². The molecule has 2 nitrogen and oxygen atoms in total. The zero-order chi connectivity index (χ0) is 16.5. The number of rotatable bonds is 9. The van der Waals surface area contributed by atoms with Crippen LogP contribution in [0.2, 0.25) is 0 Å². The molecule has 0 fully saturated rings. The first-order chi connectivity index (χ1) is 11.3. The normalized spacial score (nSPS) is 10.7. The minimum Gasteiger partial charge on any atom is -0.494 e. The van der Waals surface area contributed by atoms with Gasteiger partial charge in [0.05, 0.1) is 6.61 Å². The molecule has 0 aliphatic carbocycles. The molecular formula is C21H29NO. The smallest absolute Gasteiger partial charge is 0.119 e. The van der Waals surface area contributed by atoms with Gasteiger partial charge in [0.2, 0.25) is 0 Å². The quantitative estimate of drug-likeness (QED) is 0.662. The first-order valence-electron chi connectivity index (χ1n) is 8.84. The van der Waals surface area contributed by atoms with Crippen molar-refractivity contribution in [1.29, 1.82) is 0 Å². The summed E-state index contributed by atoms with van der Waals surface area (Å²) in [5.41, 5.74) is 11.0. The van der Waals surface area contributed by atoms with E-state index < -0.39 is 0 Å². The van der Waals surface area contributed by atoms with E-state index in [0.717, 1.165) is 51.0 Å². The SMILES string of the molecule is CCc1cccc(CC)c1-c1ccc(OCCCCCN)cc1. The van der Waals surface area contributed by atoms with Crippen molar-refractivity contribution >= 4 is 0 Å². The van der Waals surface area contributed by atoms with E-state index in [1.807, 2.05) is 0 Å². The first-order valence-corrected chi connectivity index (χ1v) is 8.84. The van der Waals surface area contributed by atoms with Gasteiger partial charge in [-0.3, -0.25) is 0 Å². The maximum Gasteiger partial charge on any atom is 0.119 e. The van der Waals surface area contributed by atoms with Crippen LogP contribution in [-0.2, 0) is 12.8 Å². The van der Waals surface area contributed by atoms with Crippen LogP contribution < -0.4 is 10.5 Å². The lowest BCUT2D eigenvalue weighted by Crippen LogP contribution is -2.01. The summed E-state index contributed by atoms with van der Waals surface area (Å²) in [6.45, 7) is 5.98. The maximum atomic E-state index is 5.82. The van der Waals surface area contributed by atoms with E-state index in [2.05, 4.69) is 56.3 Å². The largest absolute Gasteiger partial charge is 0.494 e. The topological polar surface area (TPSA) is 35.2 Å². The number of aryl methyl sites for hydroxylation is 2. The molecule has 0 spiro atoms. The Bertz CT molecular complexity index is 567. The molecule has 0 bridgehead atoms. The fraction of sp³-hybridized carbons (Fsp3) is 0.429. The molecule has 0 aliphatic rings. The lowest BCUT2D eigenvalue weighted by Gasteiger charge is -2.14. The molecule has 0 amide bonds. The van der Waals surface area contributed by atoms with Crippen LogP contribution in [0.15, 0.2) is 42.5 Å². The Hall–Kier alpha value is -1.80. The highest BCUT2D eigenvalue weighted by Gasteiger charge is 2.08. The van der Waals surface area contributed by atoms with Crippen LogP contribution in [0.5, 0.6) is 5.75 Å². The molecule has 23 heavy (non-hydrogen) atoms. The van der Waals surface area contributed by atoms with Crippen molar-refractivity contribution in [2.24, 2.45) is 5.73 Å². The summed E-state index contributed by atoms with van der Waals surface area (Å²) < 4.78 is 5.82. The van der Waals surface area contributed by atoms with Crippen molar-refractivity contribution in [1.82, 2.24) is 0 Å². The summed E-state index contributed by atoms with van der Waals surface area (Å²) in [5, 5.41) is 0. The van der Waals surface area contributed by atoms with Crippen molar-refractivity contribution in [3.05, 3.63) is 53.6 Å². The van der Waals surface area contributed by atoms with Gasteiger partial charge in [0, 0.05) is 0 Å². The molecule has 124 valence electrons. The van der Waals surface area contributed by atoms with Gasteiger partial charge in [0.25, 0.3) is 0 Å². The van der Waals surface area contributed by atoms with Crippen LogP contribution in [0.25, 0.3) is 11.1 Å². The van der Waals surface area contributed by atoms with Gasteiger partial charge in [-0.2, -0.15) is 0 Å². The van der Waals surface area contributed by atoms with Gasteiger partial charge in [-0.05, 0) is 73.0 Å². The molecule has 0 saturated carbocycles. The molecule has 0 aliphatic heterocycles.